The number of aliphatic carboxylic acids is 1. The molecule has 0 radical (unpaired) electrons. The Bertz CT molecular complexity index is 1830. The molecule has 2 aromatic heterocycles. The van der Waals surface area contributed by atoms with Gasteiger partial charge in [0, 0.05) is 56.3 Å². The molecule has 0 saturated carbocycles. The van der Waals surface area contributed by atoms with E-state index in [-0.39, 0.29) is 70.3 Å². The van der Waals surface area contributed by atoms with Crippen LogP contribution in [0.2, 0.25) is 0 Å². The number of hydrogen-bond donors (Lipinski definition) is 1. The number of carboxylic acids is 1. The third kappa shape index (κ3) is 7.74. The van der Waals surface area contributed by atoms with Gasteiger partial charge in [-0.15, -0.1) is 11.3 Å². The van der Waals surface area contributed by atoms with Crippen molar-refractivity contribution in [1.82, 2.24) is 14.8 Å². The van der Waals surface area contributed by atoms with Crippen molar-refractivity contribution in [2.75, 3.05) is 19.6 Å². The number of carbonyl (C=O) groups is 3. The van der Waals surface area contributed by atoms with Gasteiger partial charge in [-0.3, -0.25) is 19.4 Å². The number of alkyl halides is 6. The van der Waals surface area contributed by atoms with Gasteiger partial charge in [0.15, 0.2) is 0 Å². The number of thiophene rings is 1. The molecule has 52 heavy (non-hydrogen) atoms. The van der Waals surface area contributed by atoms with E-state index in [1.807, 2.05) is 0 Å². The number of amides is 2. The topological polar surface area (TPSA) is 124 Å². The number of benzene rings is 1. The van der Waals surface area contributed by atoms with Crippen molar-refractivity contribution >= 4 is 29.1 Å². The SMILES string of the molecule is CCCC1N(C(=O)c2cnccc2C(F)(F)F)CCCC1(Oc1csc(C(F)(F)F)c1)C(=O)N1CCC(C#N)(c2ccccc2CCC(=O)O)CC1. The number of ether oxygens (including phenoxy) is 1. The average Bonchev–Trinajstić information content (AvgIpc) is 3.60. The molecule has 0 spiro atoms. The van der Waals surface area contributed by atoms with Crippen molar-refractivity contribution in [3.63, 3.8) is 0 Å². The fraction of sp³-hybridized carbons (Fsp3) is 0.472. The van der Waals surface area contributed by atoms with Crippen LogP contribution in [0.1, 0.15) is 83.8 Å². The highest BCUT2D eigenvalue weighted by atomic mass is 32.1. The van der Waals surface area contributed by atoms with Crippen LogP contribution in [0.4, 0.5) is 26.3 Å². The van der Waals surface area contributed by atoms with E-state index in [0.29, 0.717) is 35.0 Å². The van der Waals surface area contributed by atoms with Crippen molar-refractivity contribution in [3.8, 4) is 11.8 Å². The van der Waals surface area contributed by atoms with Gasteiger partial charge in [0.05, 0.1) is 28.7 Å². The van der Waals surface area contributed by atoms with E-state index in [4.69, 9.17) is 4.74 Å². The third-order valence-electron chi connectivity index (χ3n) is 9.82. The summed E-state index contributed by atoms with van der Waals surface area (Å²) in [5, 5.41) is 20.8. The van der Waals surface area contributed by atoms with Gasteiger partial charge < -0.3 is 19.6 Å². The Labute approximate surface area is 299 Å². The summed E-state index contributed by atoms with van der Waals surface area (Å²) in [7, 11) is 0. The summed E-state index contributed by atoms with van der Waals surface area (Å²) in [5.74, 6) is -2.97. The average molecular weight is 751 g/mol. The Morgan fingerprint density at radius 3 is 2.38 bits per heavy atom. The lowest BCUT2D eigenvalue weighted by atomic mass is 9.71. The zero-order valence-electron chi connectivity index (χ0n) is 28.1. The second-order valence-electron chi connectivity index (χ2n) is 13.0. The monoisotopic (exact) mass is 750 g/mol. The van der Waals surface area contributed by atoms with Crippen LogP contribution in [-0.4, -0.2) is 69.0 Å². The summed E-state index contributed by atoms with van der Waals surface area (Å²) in [4.78, 5) is 45.6. The van der Waals surface area contributed by atoms with Crippen LogP contribution < -0.4 is 4.74 Å². The van der Waals surface area contributed by atoms with Crippen LogP contribution in [-0.2, 0) is 33.8 Å². The molecule has 3 aromatic rings. The predicted molar refractivity (Wildman–Crippen MR) is 176 cm³/mol. The standard InChI is InChI=1S/C36H36F6N4O5S/c1-2-6-28-34(51-24-19-29(52-21-24)36(40,41)42,12-5-16-46(28)31(49)25-20-44-15-11-27(25)35(37,38)39)32(50)45-17-13-33(22-43,14-18-45)26-8-4-3-7-23(26)9-10-30(47)48/h3-4,7-8,11,15,19-21,28H,2,5-6,9-10,12-14,16-18H2,1H3,(H,47,48). The maximum Gasteiger partial charge on any atom is 0.425 e. The third-order valence-corrected chi connectivity index (χ3v) is 10.8. The van der Waals surface area contributed by atoms with Crippen molar-refractivity contribution in [1.29, 1.82) is 5.26 Å². The molecule has 2 unspecified atom stereocenters. The number of aromatic nitrogens is 1. The number of rotatable bonds is 10. The summed E-state index contributed by atoms with van der Waals surface area (Å²) in [6.07, 6.45) is -7.13. The summed E-state index contributed by atoms with van der Waals surface area (Å²) >= 11 is 0.360. The molecule has 9 nitrogen and oxygen atoms in total. The van der Waals surface area contributed by atoms with E-state index in [1.54, 1.807) is 31.2 Å². The summed E-state index contributed by atoms with van der Waals surface area (Å²) in [5.41, 5.74) is -3.69. The van der Waals surface area contributed by atoms with E-state index in [0.717, 1.165) is 28.7 Å². The highest BCUT2D eigenvalue weighted by Crippen LogP contribution is 2.44. The molecule has 5 rings (SSSR count). The van der Waals surface area contributed by atoms with Gasteiger partial charge in [0.25, 0.3) is 11.8 Å². The quantitative estimate of drug-likeness (QED) is 0.213. The molecule has 278 valence electrons. The van der Waals surface area contributed by atoms with Crippen LogP contribution in [0.25, 0.3) is 0 Å². The zero-order valence-corrected chi connectivity index (χ0v) is 28.9. The first kappa shape index (κ1) is 38.6. The minimum atomic E-state index is -4.90. The number of carboxylic acid groups (broad SMARTS) is 1. The van der Waals surface area contributed by atoms with Crippen LogP contribution >= 0.6 is 11.3 Å². The maximum atomic E-state index is 14.9. The molecule has 2 saturated heterocycles. The van der Waals surface area contributed by atoms with Gasteiger partial charge in [-0.25, -0.2) is 0 Å². The normalized spacial score (nSPS) is 20.6. The van der Waals surface area contributed by atoms with Crippen molar-refractivity contribution in [2.24, 2.45) is 0 Å². The Morgan fingerprint density at radius 2 is 1.77 bits per heavy atom. The van der Waals surface area contributed by atoms with E-state index in [1.165, 1.54) is 4.90 Å². The van der Waals surface area contributed by atoms with E-state index >= 15 is 0 Å². The molecule has 0 aliphatic carbocycles. The first-order chi connectivity index (χ1) is 24.6. The Balaban J connectivity index is 1.53. The fourth-order valence-corrected chi connectivity index (χ4v) is 8.03. The molecule has 0 bridgehead atoms. The molecule has 4 heterocycles. The molecular formula is C36H36F6N4O5S. The molecule has 2 amide bonds. The second-order valence-corrected chi connectivity index (χ2v) is 13.9. The van der Waals surface area contributed by atoms with E-state index in [9.17, 15) is 51.1 Å². The summed E-state index contributed by atoms with van der Waals surface area (Å²) in [6.45, 7) is 1.72. The first-order valence-electron chi connectivity index (χ1n) is 16.7. The lowest BCUT2D eigenvalue weighted by Gasteiger charge is -2.51. The molecule has 16 heteroatoms. The van der Waals surface area contributed by atoms with Gasteiger partial charge in [-0.2, -0.15) is 31.6 Å². The van der Waals surface area contributed by atoms with Crippen molar-refractivity contribution in [3.05, 3.63) is 81.3 Å². The number of carbonyl (C=O) groups excluding carboxylic acids is 2. The number of pyridine rings is 1. The van der Waals surface area contributed by atoms with E-state index < -0.39 is 63.2 Å². The predicted octanol–water partition coefficient (Wildman–Crippen LogP) is 7.50. The van der Waals surface area contributed by atoms with Gasteiger partial charge in [0.2, 0.25) is 5.60 Å². The minimum absolute atomic E-state index is 0.00975. The number of likely N-dealkylation sites (tertiary alicyclic amines) is 2. The Morgan fingerprint density at radius 1 is 1.06 bits per heavy atom. The molecular weight excluding hydrogens is 714 g/mol. The Hall–Kier alpha value is -4.65. The smallest absolute Gasteiger partial charge is 0.425 e. The van der Waals surface area contributed by atoms with Crippen LogP contribution in [0.15, 0.2) is 54.2 Å². The highest BCUT2D eigenvalue weighted by molar-refractivity contribution is 7.10. The van der Waals surface area contributed by atoms with E-state index in [2.05, 4.69) is 11.1 Å². The molecule has 2 atom stereocenters. The highest BCUT2D eigenvalue weighted by Gasteiger charge is 2.56. The number of hydrogen-bond acceptors (Lipinski definition) is 7. The zero-order chi connectivity index (χ0) is 37.9. The molecule has 2 fully saturated rings. The molecule has 2 aliphatic heterocycles. The lowest BCUT2D eigenvalue weighted by molar-refractivity contribution is -0.160. The van der Waals surface area contributed by atoms with Gasteiger partial charge in [-0.05, 0) is 49.3 Å². The van der Waals surface area contributed by atoms with Gasteiger partial charge in [-0.1, -0.05) is 37.6 Å². The maximum absolute atomic E-state index is 14.9. The lowest BCUT2D eigenvalue weighted by Crippen LogP contribution is -2.68. The summed E-state index contributed by atoms with van der Waals surface area (Å²) < 4.78 is 89.3. The first-order valence-corrected chi connectivity index (χ1v) is 17.6. The largest absolute Gasteiger partial charge is 0.481 e. The minimum Gasteiger partial charge on any atom is -0.481 e. The summed E-state index contributed by atoms with van der Waals surface area (Å²) in [6, 6.07) is 9.64. The molecule has 2 aliphatic rings. The van der Waals surface area contributed by atoms with Crippen molar-refractivity contribution in [2.45, 2.75) is 87.7 Å². The number of nitriles is 1. The number of halogens is 6. The number of piperidine rings is 2. The molecule has 1 aromatic carbocycles. The number of aryl methyl sites for hydroxylation is 1. The van der Waals surface area contributed by atoms with Crippen LogP contribution in [0, 0.1) is 11.3 Å². The fourth-order valence-electron chi connectivity index (χ4n) is 7.35. The second kappa shape index (κ2) is 15.1. The number of nitrogens with zero attached hydrogens (tertiary/aromatic N) is 4. The van der Waals surface area contributed by atoms with Crippen LogP contribution in [0.5, 0.6) is 5.75 Å². The van der Waals surface area contributed by atoms with Crippen LogP contribution in [0.3, 0.4) is 0 Å². The van der Waals surface area contributed by atoms with Gasteiger partial charge >= 0.3 is 18.3 Å². The van der Waals surface area contributed by atoms with Crippen molar-refractivity contribution < 1.29 is 50.6 Å². The van der Waals surface area contributed by atoms with Gasteiger partial charge in [0.1, 0.15) is 10.6 Å². The Kier molecular flexibility index (Phi) is 11.2. The molecule has 1 N–H and O–H groups in total.